The lowest BCUT2D eigenvalue weighted by Gasteiger charge is -2.23. The molecule has 0 atom stereocenters. The van der Waals surface area contributed by atoms with Crippen molar-refractivity contribution in [3.8, 4) is 5.75 Å². The molecule has 0 fully saturated rings. The normalized spacial score (nSPS) is 11.8. The molecule has 10 nitrogen and oxygen atoms in total. The van der Waals surface area contributed by atoms with Gasteiger partial charge in [-0.05, 0) is 53.6 Å². The van der Waals surface area contributed by atoms with Gasteiger partial charge in [-0.3, -0.25) is 14.7 Å². The number of nitrogens with zero attached hydrogens (tertiary/aromatic N) is 2. The summed E-state index contributed by atoms with van der Waals surface area (Å²) in [6.45, 7) is 0.833. The van der Waals surface area contributed by atoms with E-state index in [2.05, 4.69) is 43.3 Å². The van der Waals surface area contributed by atoms with Crippen molar-refractivity contribution in [3.05, 3.63) is 95.2 Å². The molecule has 4 aromatic rings. The molecule has 47 heavy (non-hydrogen) atoms. The quantitative estimate of drug-likeness (QED) is 0.0546. The Balaban J connectivity index is 0.000000392. The van der Waals surface area contributed by atoms with E-state index < -0.39 is 24.3 Å². The molecule has 0 saturated carbocycles. The van der Waals surface area contributed by atoms with E-state index in [1.807, 2.05) is 34.9 Å². The summed E-state index contributed by atoms with van der Waals surface area (Å²) in [5.74, 6) is -6.45. The number of benzene rings is 3. The summed E-state index contributed by atoms with van der Waals surface area (Å²) >= 11 is 0. The highest BCUT2D eigenvalue weighted by Crippen LogP contribution is 2.26. The molecule has 16 heteroatoms. The number of ether oxygens (including phenoxy) is 1. The topological polar surface area (TPSA) is 147 Å². The maximum atomic E-state index is 13.2. The monoisotopic (exact) mass is 666 g/mol. The van der Waals surface area contributed by atoms with E-state index in [1.54, 1.807) is 30.3 Å². The van der Waals surface area contributed by atoms with Crippen LogP contribution in [0.15, 0.2) is 72.8 Å². The number of alkyl halides is 6. The second kappa shape index (κ2) is 13.9. The molecular formula is C31H30F6N5O5+. The van der Waals surface area contributed by atoms with Crippen LogP contribution in [-0.4, -0.2) is 66.9 Å². The lowest BCUT2D eigenvalue weighted by atomic mass is 10.1. The van der Waals surface area contributed by atoms with E-state index in [0.717, 1.165) is 26.5 Å². The Bertz CT molecular complexity index is 1770. The van der Waals surface area contributed by atoms with E-state index in [-0.39, 0.29) is 17.5 Å². The SMILES string of the molecule is C[N+](C)(C)c1ccc(CNC(=O)c2cc3cc(O)ccc3n2Cc2cccc(C(=N)N)c2)cc1.O=C(OC(=O)C(F)(F)F)C(F)(F)F. The van der Waals surface area contributed by atoms with Gasteiger partial charge in [0.05, 0.1) is 21.1 Å². The van der Waals surface area contributed by atoms with Gasteiger partial charge in [0.25, 0.3) is 5.91 Å². The van der Waals surface area contributed by atoms with E-state index >= 15 is 0 Å². The number of aromatic hydroxyl groups is 1. The summed E-state index contributed by atoms with van der Waals surface area (Å²) in [5.41, 5.74) is 10.7. The molecule has 0 saturated heterocycles. The molecule has 0 aliphatic heterocycles. The Morgan fingerprint density at radius 1 is 0.872 bits per heavy atom. The predicted octanol–water partition coefficient (Wildman–Crippen LogP) is 4.99. The molecule has 250 valence electrons. The van der Waals surface area contributed by atoms with Crippen LogP contribution < -0.4 is 15.5 Å². The number of aromatic nitrogens is 1. The van der Waals surface area contributed by atoms with Crippen LogP contribution in [0.4, 0.5) is 32.0 Å². The van der Waals surface area contributed by atoms with Gasteiger partial charge in [0, 0.05) is 29.6 Å². The van der Waals surface area contributed by atoms with Gasteiger partial charge in [0.1, 0.15) is 23.0 Å². The zero-order valence-corrected chi connectivity index (χ0v) is 25.2. The highest BCUT2D eigenvalue weighted by Gasteiger charge is 2.49. The molecule has 5 N–H and O–H groups in total. The molecule has 1 amide bonds. The largest absolute Gasteiger partial charge is 0.508 e. The number of hydrogen-bond acceptors (Lipinski definition) is 6. The van der Waals surface area contributed by atoms with Crippen LogP contribution in [0.3, 0.4) is 0 Å². The van der Waals surface area contributed by atoms with Crippen molar-refractivity contribution < 1.29 is 50.6 Å². The van der Waals surface area contributed by atoms with Gasteiger partial charge in [-0.15, -0.1) is 0 Å². The number of nitrogens with two attached hydrogens (primary N) is 1. The number of hydrogen-bond donors (Lipinski definition) is 4. The standard InChI is InChI=1S/C27H29N5O2.C4F6O3/c1-32(2,3)22-9-7-18(8-10-22)16-30-27(34)25-15-21-14-23(33)11-12-24(21)31(25)17-19-5-4-6-20(13-19)26(28)29;5-3(6,7)1(11)13-2(12)4(8,9)10/h4-15H,16-17H2,1-3H3,(H4-,28,29,30,33,34);/p+1. The minimum absolute atomic E-state index is 0.00150. The maximum absolute atomic E-state index is 13.2. The van der Waals surface area contributed by atoms with Crippen molar-refractivity contribution >= 4 is 40.3 Å². The first-order valence-electron chi connectivity index (χ1n) is 13.5. The van der Waals surface area contributed by atoms with Crippen molar-refractivity contribution in [2.75, 3.05) is 21.1 Å². The van der Waals surface area contributed by atoms with E-state index in [9.17, 15) is 45.8 Å². The van der Waals surface area contributed by atoms with Crippen LogP contribution in [0.2, 0.25) is 0 Å². The van der Waals surface area contributed by atoms with Crippen LogP contribution in [0, 0.1) is 5.41 Å². The minimum atomic E-state index is -5.62. The number of carbonyl (C=O) groups is 3. The zero-order chi connectivity index (χ0) is 35.3. The first-order valence-corrected chi connectivity index (χ1v) is 13.5. The molecule has 0 radical (unpaired) electrons. The summed E-state index contributed by atoms with van der Waals surface area (Å²) in [6.07, 6.45) is -11.2. The molecular weight excluding hydrogens is 636 g/mol. The van der Waals surface area contributed by atoms with Gasteiger partial charge in [0.15, 0.2) is 0 Å². The van der Waals surface area contributed by atoms with E-state index in [4.69, 9.17) is 11.1 Å². The van der Waals surface area contributed by atoms with E-state index in [0.29, 0.717) is 24.3 Å². The first kappa shape index (κ1) is 36.1. The number of nitrogens with one attached hydrogen (secondary N) is 2. The average Bonchev–Trinajstić information content (AvgIpc) is 3.32. The van der Waals surface area contributed by atoms with Crippen LogP contribution >= 0.6 is 0 Å². The number of carbonyl (C=O) groups excluding carboxylic acids is 3. The summed E-state index contributed by atoms with van der Waals surface area (Å²) in [5, 5.41) is 21.4. The van der Waals surface area contributed by atoms with Crippen LogP contribution in [-0.2, 0) is 27.4 Å². The third-order valence-electron chi connectivity index (χ3n) is 6.51. The Morgan fingerprint density at radius 3 is 2.00 bits per heavy atom. The van der Waals surface area contributed by atoms with Crippen LogP contribution in [0.5, 0.6) is 5.75 Å². The number of fused-ring (bicyclic) bond motifs is 1. The Hall–Kier alpha value is -5.38. The third kappa shape index (κ3) is 9.80. The number of phenols is 1. The van der Waals surface area contributed by atoms with Gasteiger partial charge >= 0.3 is 24.3 Å². The number of halogens is 6. The minimum Gasteiger partial charge on any atom is -0.508 e. The highest BCUT2D eigenvalue weighted by atomic mass is 19.4. The fraction of sp³-hybridized carbons (Fsp3) is 0.226. The summed E-state index contributed by atoms with van der Waals surface area (Å²) in [7, 11) is 6.33. The average molecular weight is 667 g/mol. The van der Waals surface area contributed by atoms with Crippen LogP contribution in [0.25, 0.3) is 10.9 Å². The molecule has 1 aromatic heterocycles. The van der Waals surface area contributed by atoms with Crippen molar-refractivity contribution in [2.45, 2.75) is 25.4 Å². The van der Waals surface area contributed by atoms with Gasteiger partial charge in [-0.1, -0.05) is 30.3 Å². The molecule has 0 unspecified atom stereocenters. The fourth-order valence-electron chi connectivity index (χ4n) is 4.17. The maximum Gasteiger partial charge on any atom is 0.491 e. The number of amides is 1. The zero-order valence-electron chi connectivity index (χ0n) is 25.2. The number of rotatable bonds is 7. The third-order valence-corrected chi connectivity index (χ3v) is 6.51. The second-order valence-corrected chi connectivity index (χ2v) is 11.0. The molecule has 4 rings (SSSR count). The van der Waals surface area contributed by atoms with Crippen molar-refractivity contribution in [1.29, 1.82) is 5.41 Å². The number of quaternary nitrogens is 1. The lowest BCUT2D eigenvalue weighted by Crippen LogP contribution is -2.34. The highest BCUT2D eigenvalue weighted by molar-refractivity contribution is 5.99. The van der Waals surface area contributed by atoms with Gasteiger partial charge in [-0.2, -0.15) is 26.3 Å². The Morgan fingerprint density at radius 2 is 1.47 bits per heavy atom. The molecule has 0 bridgehead atoms. The van der Waals surface area contributed by atoms with Crippen molar-refractivity contribution in [3.63, 3.8) is 0 Å². The molecule has 0 aliphatic rings. The Labute approximate surface area is 264 Å². The summed E-state index contributed by atoms with van der Waals surface area (Å²) in [6, 6.07) is 22.5. The number of phenolic OH excluding ortho intramolecular Hbond substituents is 1. The molecule has 0 aliphatic carbocycles. The van der Waals surface area contributed by atoms with Crippen molar-refractivity contribution in [1.82, 2.24) is 14.4 Å². The number of nitrogen functional groups attached to an aromatic ring is 1. The second-order valence-electron chi connectivity index (χ2n) is 11.0. The van der Waals surface area contributed by atoms with Gasteiger partial charge in [-0.25, -0.2) is 9.59 Å². The lowest BCUT2D eigenvalue weighted by molar-refractivity contribution is -0.221. The molecule has 1 heterocycles. The number of esters is 2. The first-order chi connectivity index (χ1) is 21.7. The summed E-state index contributed by atoms with van der Waals surface area (Å²) in [4.78, 5) is 32.5. The van der Waals surface area contributed by atoms with Crippen molar-refractivity contribution in [2.24, 2.45) is 5.73 Å². The van der Waals surface area contributed by atoms with Gasteiger partial charge in [0.2, 0.25) is 0 Å². The number of amidine groups is 1. The van der Waals surface area contributed by atoms with E-state index in [1.165, 1.54) is 5.69 Å². The van der Waals surface area contributed by atoms with Crippen LogP contribution in [0.1, 0.15) is 27.2 Å². The smallest absolute Gasteiger partial charge is 0.491 e. The van der Waals surface area contributed by atoms with Gasteiger partial charge < -0.3 is 25.5 Å². The molecule has 3 aromatic carbocycles. The predicted molar refractivity (Wildman–Crippen MR) is 161 cm³/mol. The fourth-order valence-corrected chi connectivity index (χ4v) is 4.17. The molecule has 0 spiro atoms. The Kier molecular flexibility index (Phi) is 10.7. The summed E-state index contributed by atoms with van der Waals surface area (Å²) < 4.78 is 72.3.